The molecular weight excluding hydrogens is 658 g/mol. The zero-order valence-electron chi connectivity index (χ0n) is 28.2. The van der Waals surface area contributed by atoms with Gasteiger partial charge in [0.2, 0.25) is 0 Å². The molecule has 0 unspecified atom stereocenters. The molecule has 7 aromatic carbocycles. The second-order valence-corrected chi connectivity index (χ2v) is 18.9. The Morgan fingerprint density at radius 1 is 0.353 bits per heavy atom. The van der Waals surface area contributed by atoms with Gasteiger partial charge in [0.1, 0.15) is 0 Å². The fraction of sp³-hybridized carbons (Fsp3) is 0.0213. The Labute approximate surface area is 301 Å². The quantitative estimate of drug-likeness (QED) is 0.103. The van der Waals surface area contributed by atoms with Gasteiger partial charge in [-0.05, 0) is 62.8 Å². The summed E-state index contributed by atoms with van der Waals surface area (Å²) in [6.07, 6.45) is 0.109. The van der Waals surface area contributed by atoms with E-state index in [9.17, 15) is 9.59 Å². The SMILES string of the molecule is O=C(C=P(c1ccccc1)(c1ccccc1)c1ccccc1)Cc1ccccc1C(=O)C=P(c1ccccc1)(c1ccccc1)c1ccccc1. The molecule has 2 nitrogen and oxygen atoms in total. The second-order valence-electron chi connectivity index (χ2n) is 12.4. The lowest BCUT2D eigenvalue weighted by atomic mass is 10.0. The van der Waals surface area contributed by atoms with Crippen molar-refractivity contribution in [2.45, 2.75) is 6.42 Å². The molecule has 51 heavy (non-hydrogen) atoms. The molecule has 7 rings (SSSR count). The Hall–Kier alpha value is -5.52. The minimum atomic E-state index is -2.54. The summed E-state index contributed by atoms with van der Waals surface area (Å²) in [6.45, 7) is -5.05. The molecule has 0 spiro atoms. The molecule has 0 amide bonds. The molecular formula is C47H38O2P2. The van der Waals surface area contributed by atoms with Crippen LogP contribution in [0.4, 0.5) is 0 Å². The minimum Gasteiger partial charge on any atom is -0.294 e. The highest BCUT2D eigenvalue weighted by molar-refractivity contribution is 7.95. The van der Waals surface area contributed by atoms with Crippen molar-refractivity contribution < 1.29 is 9.59 Å². The predicted octanol–water partition coefficient (Wildman–Crippen LogP) is 7.57. The standard InChI is InChI=1S/C47H38O2P2/c48-39(36-50(40-22-7-1-8-23-40,41-24-9-2-10-25-41)42-26-11-3-12-27-42)35-38-21-19-20-34-46(38)47(49)37-51(43-28-13-4-14-29-43,44-30-15-5-16-31-44)45-32-17-6-18-33-45/h1-34,36-37H,35H2. The zero-order chi connectivity index (χ0) is 34.9. The van der Waals surface area contributed by atoms with E-state index in [-0.39, 0.29) is 18.0 Å². The van der Waals surface area contributed by atoms with E-state index in [1.54, 1.807) is 0 Å². The molecule has 0 fully saturated rings. The molecule has 0 N–H and O–H groups in total. The second kappa shape index (κ2) is 15.6. The van der Waals surface area contributed by atoms with Crippen LogP contribution in [0.5, 0.6) is 0 Å². The van der Waals surface area contributed by atoms with Crippen LogP contribution in [0.25, 0.3) is 0 Å². The summed E-state index contributed by atoms with van der Waals surface area (Å²) in [5.41, 5.74) is 1.27. The van der Waals surface area contributed by atoms with Crippen LogP contribution in [0, 0.1) is 0 Å². The molecule has 248 valence electrons. The fourth-order valence-electron chi connectivity index (χ4n) is 6.93. The molecule has 0 aliphatic carbocycles. The highest BCUT2D eigenvalue weighted by Crippen LogP contribution is 2.45. The molecule has 0 bridgehead atoms. The van der Waals surface area contributed by atoms with E-state index in [1.165, 1.54) is 0 Å². The summed E-state index contributed by atoms with van der Waals surface area (Å²) < 4.78 is 0. The monoisotopic (exact) mass is 696 g/mol. The van der Waals surface area contributed by atoms with Crippen LogP contribution in [0.3, 0.4) is 0 Å². The van der Waals surface area contributed by atoms with Gasteiger partial charge < -0.3 is 0 Å². The van der Waals surface area contributed by atoms with Gasteiger partial charge in [-0.25, -0.2) is 0 Å². The average molecular weight is 697 g/mol. The first-order chi connectivity index (χ1) is 25.1. The minimum absolute atomic E-state index is 0.0182. The van der Waals surface area contributed by atoms with Gasteiger partial charge in [-0.3, -0.25) is 9.59 Å². The van der Waals surface area contributed by atoms with E-state index < -0.39 is 13.8 Å². The largest absolute Gasteiger partial charge is 0.294 e. The number of ketones is 2. The third kappa shape index (κ3) is 6.95. The molecule has 0 atom stereocenters. The van der Waals surface area contributed by atoms with Crippen molar-refractivity contribution in [3.05, 3.63) is 217 Å². The van der Waals surface area contributed by atoms with Crippen LogP contribution in [-0.4, -0.2) is 23.2 Å². The average Bonchev–Trinajstić information content (AvgIpc) is 3.21. The fourth-order valence-corrected chi connectivity index (χ4v) is 14.5. The van der Waals surface area contributed by atoms with Crippen molar-refractivity contribution in [1.29, 1.82) is 0 Å². The van der Waals surface area contributed by atoms with E-state index in [1.807, 2.05) is 145 Å². The Morgan fingerprint density at radius 3 is 0.961 bits per heavy atom. The van der Waals surface area contributed by atoms with Gasteiger partial charge in [-0.15, -0.1) is 0 Å². The highest BCUT2D eigenvalue weighted by atomic mass is 31.2. The Morgan fingerprint density at radius 2 is 0.627 bits per heavy atom. The molecule has 0 heterocycles. The summed E-state index contributed by atoms with van der Waals surface area (Å²) in [5.74, 6) is 3.82. The lowest BCUT2D eigenvalue weighted by molar-refractivity contribution is -0.111. The topological polar surface area (TPSA) is 34.1 Å². The van der Waals surface area contributed by atoms with Gasteiger partial charge >= 0.3 is 0 Å². The molecule has 0 radical (unpaired) electrons. The first kappa shape index (κ1) is 34.0. The van der Waals surface area contributed by atoms with Crippen molar-refractivity contribution in [2.24, 2.45) is 0 Å². The van der Waals surface area contributed by atoms with E-state index in [2.05, 4.69) is 72.8 Å². The van der Waals surface area contributed by atoms with E-state index in [4.69, 9.17) is 0 Å². The van der Waals surface area contributed by atoms with Crippen LogP contribution in [0.15, 0.2) is 206 Å². The van der Waals surface area contributed by atoms with E-state index in [0.29, 0.717) is 5.56 Å². The van der Waals surface area contributed by atoms with Crippen LogP contribution < -0.4 is 31.8 Å². The van der Waals surface area contributed by atoms with E-state index >= 15 is 0 Å². The first-order valence-electron chi connectivity index (χ1n) is 17.1. The molecule has 0 aromatic heterocycles. The van der Waals surface area contributed by atoms with Crippen molar-refractivity contribution in [2.75, 3.05) is 0 Å². The van der Waals surface area contributed by atoms with Crippen LogP contribution in [0.2, 0.25) is 0 Å². The zero-order valence-corrected chi connectivity index (χ0v) is 30.0. The predicted molar refractivity (Wildman–Crippen MR) is 222 cm³/mol. The van der Waals surface area contributed by atoms with Crippen molar-refractivity contribution >= 4 is 68.8 Å². The third-order valence-electron chi connectivity index (χ3n) is 9.28. The van der Waals surface area contributed by atoms with Crippen LogP contribution >= 0.6 is 13.8 Å². The highest BCUT2D eigenvalue weighted by Gasteiger charge is 2.29. The number of rotatable bonds is 11. The number of benzene rings is 7. The van der Waals surface area contributed by atoms with Gasteiger partial charge in [-0.2, -0.15) is 0 Å². The number of carbonyl (C=O) groups excluding carboxylic acids is 2. The first-order valence-corrected chi connectivity index (χ1v) is 20.8. The molecule has 4 heteroatoms. The third-order valence-corrected chi connectivity index (χ3v) is 17.3. The number of carbonyl (C=O) groups is 2. The number of hydrogen-bond acceptors (Lipinski definition) is 2. The Kier molecular flexibility index (Phi) is 10.4. The summed E-state index contributed by atoms with van der Waals surface area (Å²) in [5, 5.41) is 6.62. The Bertz CT molecular complexity index is 2150. The van der Waals surface area contributed by atoms with Gasteiger partial charge in [0.25, 0.3) is 0 Å². The van der Waals surface area contributed by atoms with Crippen molar-refractivity contribution in [3.63, 3.8) is 0 Å². The maximum atomic E-state index is 14.8. The lowest BCUT2D eigenvalue weighted by Gasteiger charge is -2.29. The molecule has 0 aliphatic heterocycles. The molecule has 0 saturated carbocycles. The molecule has 0 aliphatic rings. The van der Waals surface area contributed by atoms with Crippen molar-refractivity contribution in [1.82, 2.24) is 0 Å². The molecule has 0 saturated heterocycles. The number of Topliss-reactive ketones (excluding diaryl/α,β-unsaturated/α-hetero) is 2. The van der Waals surface area contributed by atoms with Crippen molar-refractivity contribution in [3.8, 4) is 0 Å². The van der Waals surface area contributed by atoms with E-state index in [0.717, 1.165) is 37.4 Å². The lowest BCUT2D eigenvalue weighted by Crippen LogP contribution is -2.29. The summed E-state index contributed by atoms with van der Waals surface area (Å²) >= 11 is 0. The summed E-state index contributed by atoms with van der Waals surface area (Å²) in [6, 6.07) is 69.7. The maximum absolute atomic E-state index is 14.8. The summed E-state index contributed by atoms with van der Waals surface area (Å²) in [7, 11) is 0. The Balaban J connectivity index is 1.39. The van der Waals surface area contributed by atoms with Crippen LogP contribution in [-0.2, 0) is 11.2 Å². The summed E-state index contributed by atoms with van der Waals surface area (Å²) in [4.78, 5) is 29.3. The van der Waals surface area contributed by atoms with Gasteiger partial charge in [0.15, 0.2) is 11.6 Å². The molecule has 7 aromatic rings. The normalized spacial score (nSPS) is 11.4. The van der Waals surface area contributed by atoms with Gasteiger partial charge in [0.05, 0.1) is 0 Å². The van der Waals surface area contributed by atoms with Crippen LogP contribution in [0.1, 0.15) is 15.9 Å². The van der Waals surface area contributed by atoms with Gasteiger partial charge in [0, 0.05) is 12.0 Å². The maximum Gasteiger partial charge on any atom is 0.187 e. The van der Waals surface area contributed by atoms with Gasteiger partial charge in [-0.1, -0.05) is 206 Å². The smallest absolute Gasteiger partial charge is 0.187 e. The number of hydrogen-bond donors (Lipinski definition) is 0.